The van der Waals surface area contributed by atoms with Crippen molar-refractivity contribution < 1.29 is 9.84 Å². The molecule has 0 aromatic carbocycles. The Kier molecular flexibility index (Phi) is 22.5. The third-order valence-corrected chi connectivity index (χ3v) is 5.32. The molecule has 0 saturated heterocycles. The largest absolute Gasteiger partial charge is 0.396 e. The summed E-state index contributed by atoms with van der Waals surface area (Å²) < 4.78 is 5.71. The molecular formula is C20H42O2S. The van der Waals surface area contributed by atoms with E-state index in [1.54, 1.807) is 0 Å². The second kappa shape index (κ2) is 22.3. The lowest BCUT2D eigenvalue weighted by atomic mass is 10.1. The van der Waals surface area contributed by atoms with Crippen LogP contribution in [-0.2, 0) is 4.74 Å². The van der Waals surface area contributed by atoms with Crippen LogP contribution in [0.3, 0.4) is 0 Å². The van der Waals surface area contributed by atoms with Crippen LogP contribution in [-0.4, -0.2) is 36.4 Å². The molecule has 0 atom stereocenters. The Morgan fingerprint density at radius 1 is 0.609 bits per heavy atom. The monoisotopic (exact) mass is 346 g/mol. The van der Waals surface area contributed by atoms with Gasteiger partial charge >= 0.3 is 0 Å². The Morgan fingerprint density at radius 3 is 1.65 bits per heavy atom. The summed E-state index contributed by atoms with van der Waals surface area (Å²) in [6.07, 6.45) is 18.5. The molecule has 0 aromatic heterocycles. The van der Waals surface area contributed by atoms with Gasteiger partial charge in [0.25, 0.3) is 0 Å². The number of ether oxygens (including phenoxy) is 1. The van der Waals surface area contributed by atoms with Crippen molar-refractivity contribution >= 4 is 11.8 Å². The standard InChI is InChI=1S/C20H42O2S/c1-2-3-4-5-9-12-17-22-18-13-10-7-6-8-11-14-19-23-20-15-16-21/h21H,2-20H2,1H3. The van der Waals surface area contributed by atoms with Crippen molar-refractivity contribution in [2.45, 2.75) is 96.8 Å². The number of hydrogen-bond acceptors (Lipinski definition) is 3. The first kappa shape index (κ1) is 23.3. The molecule has 0 bridgehead atoms. The van der Waals surface area contributed by atoms with E-state index in [-0.39, 0.29) is 0 Å². The number of aliphatic hydroxyl groups excluding tert-OH is 1. The summed E-state index contributed by atoms with van der Waals surface area (Å²) in [5.41, 5.74) is 0. The maximum atomic E-state index is 8.69. The third kappa shape index (κ3) is 22.3. The SMILES string of the molecule is CCCCCCCCOCCCCCCCCCSCCCO. The normalized spacial score (nSPS) is 11.2. The van der Waals surface area contributed by atoms with Gasteiger partial charge in [-0.1, -0.05) is 71.1 Å². The van der Waals surface area contributed by atoms with E-state index in [2.05, 4.69) is 6.92 Å². The summed E-state index contributed by atoms with van der Waals surface area (Å²) in [6, 6.07) is 0. The highest BCUT2D eigenvalue weighted by atomic mass is 32.2. The first-order valence-corrected chi connectivity index (χ1v) is 11.3. The van der Waals surface area contributed by atoms with Crippen LogP contribution in [0.5, 0.6) is 0 Å². The van der Waals surface area contributed by atoms with E-state index >= 15 is 0 Å². The summed E-state index contributed by atoms with van der Waals surface area (Å²) in [7, 11) is 0. The molecule has 2 nitrogen and oxygen atoms in total. The minimum absolute atomic E-state index is 0.343. The maximum Gasteiger partial charge on any atom is 0.0466 e. The highest BCUT2D eigenvalue weighted by Gasteiger charge is 1.95. The molecule has 0 fully saturated rings. The first-order chi connectivity index (χ1) is 11.4. The third-order valence-electron chi connectivity index (χ3n) is 4.17. The van der Waals surface area contributed by atoms with Crippen LogP contribution in [0.4, 0.5) is 0 Å². The van der Waals surface area contributed by atoms with Crippen LogP contribution < -0.4 is 0 Å². The van der Waals surface area contributed by atoms with Crippen LogP contribution in [0.2, 0.25) is 0 Å². The van der Waals surface area contributed by atoms with E-state index < -0.39 is 0 Å². The van der Waals surface area contributed by atoms with E-state index in [1.165, 1.54) is 89.2 Å². The van der Waals surface area contributed by atoms with Gasteiger partial charge in [0.1, 0.15) is 0 Å². The minimum atomic E-state index is 0.343. The average molecular weight is 347 g/mol. The molecule has 3 heteroatoms. The lowest BCUT2D eigenvalue weighted by molar-refractivity contribution is 0.125. The zero-order valence-electron chi connectivity index (χ0n) is 15.7. The molecule has 1 N–H and O–H groups in total. The van der Waals surface area contributed by atoms with Gasteiger partial charge in [-0.15, -0.1) is 0 Å². The lowest BCUT2D eigenvalue weighted by Crippen LogP contribution is -1.97. The van der Waals surface area contributed by atoms with E-state index in [0.29, 0.717) is 6.61 Å². The van der Waals surface area contributed by atoms with Crippen LogP contribution in [0.25, 0.3) is 0 Å². The Morgan fingerprint density at radius 2 is 1.09 bits per heavy atom. The van der Waals surface area contributed by atoms with Gasteiger partial charge in [-0.25, -0.2) is 0 Å². The highest BCUT2D eigenvalue weighted by molar-refractivity contribution is 7.99. The van der Waals surface area contributed by atoms with Gasteiger partial charge in [0.15, 0.2) is 0 Å². The fraction of sp³-hybridized carbons (Fsp3) is 1.00. The van der Waals surface area contributed by atoms with Crippen molar-refractivity contribution in [3.63, 3.8) is 0 Å². The van der Waals surface area contributed by atoms with Crippen molar-refractivity contribution in [1.82, 2.24) is 0 Å². The summed E-state index contributed by atoms with van der Waals surface area (Å²) >= 11 is 1.99. The molecule has 0 saturated carbocycles. The zero-order valence-corrected chi connectivity index (χ0v) is 16.5. The van der Waals surface area contributed by atoms with Gasteiger partial charge in [-0.05, 0) is 37.2 Å². The average Bonchev–Trinajstić information content (AvgIpc) is 2.57. The van der Waals surface area contributed by atoms with Crippen molar-refractivity contribution in [3.05, 3.63) is 0 Å². The van der Waals surface area contributed by atoms with Gasteiger partial charge in [-0.2, -0.15) is 11.8 Å². The minimum Gasteiger partial charge on any atom is -0.396 e. The van der Waals surface area contributed by atoms with Crippen LogP contribution >= 0.6 is 11.8 Å². The van der Waals surface area contributed by atoms with Crippen molar-refractivity contribution in [2.24, 2.45) is 0 Å². The van der Waals surface area contributed by atoms with Crippen molar-refractivity contribution in [3.8, 4) is 0 Å². The molecule has 0 heterocycles. The fourth-order valence-corrected chi connectivity index (χ4v) is 3.59. The zero-order chi connectivity index (χ0) is 16.8. The predicted molar refractivity (Wildman–Crippen MR) is 106 cm³/mol. The molecule has 0 spiro atoms. The van der Waals surface area contributed by atoms with E-state index in [0.717, 1.165) is 25.4 Å². The Bertz CT molecular complexity index is 180. The molecule has 0 aromatic rings. The van der Waals surface area contributed by atoms with Gasteiger partial charge in [0.2, 0.25) is 0 Å². The number of hydrogen-bond donors (Lipinski definition) is 1. The predicted octanol–water partition coefficient (Wildman–Crippen LogP) is 6.21. The van der Waals surface area contributed by atoms with Gasteiger partial charge < -0.3 is 9.84 Å². The topological polar surface area (TPSA) is 29.5 Å². The Hall–Kier alpha value is 0.270. The summed E-state index contributed by atoms with van der Waals surface area (Å²) in [6.45, 7) is 4.55. The number of unbranched alkanes of at least 4 members (excludes halogenated alkanes) is 11. The molecule has 140 valence electrons. The molecule has 0 radical (unpaired) electrons. The number of rotatable bonds is 20. The smallest absolute Gasteiger partial charge is 0.0466 e. The molecule has 0 aliphatic heterocycles. The highest BCUT2D eigenvalue weighted by Crippen LogP contribution is 2.11. The Balaban J connectivity index is 2.92. The second-order valence-corrected chi connectivity index (χ2v) is 7.77. The molecule has 23 heavy (non-hydrogen) atoms. The van der Waals surface area contributed by atoms with E-state index in [4.69, 9.17) is 9.84 Å². The Labute approximate surface area is 150 Å². The quantitative estimate of drug-likeness (QED) is 0.266. The second-order valence-electron chi connectivity index (χ2n) is 6.54. The van der Waals surface area contributed by atoms with Crippen LogP contribution in [0, 0.1) is 0 Å². The lowest BCUT2D eigenvalue weighted by Gasteiger charge is -2.05. The number of thioether (sulfide) groups is 1. The number of aliphatic hydroxyl groups is 1. The molecule has 0 amide bonds. The fourth-order valence-electron chi connectivity index (χ4n) is 2.65. The molecule has 0 aliphatic carbocycles. The van der Waals surface area contributed by atoms with Crippen LogP contribution in [0.1, 0.15) is 96.8 Å². The summed E-state index contributed by atoms with van der Waals surface area (Å²) in [5, 5.41) is 8.69. The van der Waals surface area contributed by atoms with Crippen LogP contribution in [0.15, 0.2) is 0 Å². The van der Waals surface area contributed by atoms with E-state index in [1.807, 2.05) is 11.8 Å². The van der Waals surface area contributed by atoms with Gasteiger partial charge in [0, 0.05) is 19.8 Å². The molecule has 0 aliphatic rings. The van der Waals surface area contributed by atoms with E-state index in [9.17, 15) is 0 Å². The van der Waals surface area contributed by atoms with Crippen molar-refractivity contribution in [1.29, 1.82) is 0 Å². The van der Waals surface area contributed by atoms with Gasteiger partial charge in [-0.3, -0.25) is 0 Å². The molecule has 0 rings (SSSR count). The summed E-state index contributed by atoms with van der Waals surface area (Å²) in [4.78, 5) is 0. The molecular weight excluding hydrogens is 304 g/mol. The van der Waals surface area contributed by atoms with Gasteiger partial charge in [0.05, 0.1) is 0 Å². The maximum absolute atomic E-state index is 8.69. The molecule has 0 unspecified atom stereocenters. The van der Waals surface area contributed by atoms with Crippen molar-refractivity contribution in [2.75, 3.05) is 31.3 Å². The first-order valence-electron chi connectivity index (χ1n) is 10.2. The summed E-state index contributed by atoms with van der Waals surface area (Å²) in [5.74, 6) is 2.39.